The molecule has 0 aliphatic heterocycles. The predicted molar refractivity (Wildman–Crippen MR) is 47.3 cm³/mol. The molecule has 0 saturated carbocycles. The Morgan fingerprint density at radius 2 is 1.91 bits per heavy atom. The van der Waals surface area contributed by atoms with E-state index in [0.29, 0.717) is 5.76 Å². The van der Waals surface area contributed by atoms with Crippen molar-refractivity contribution < 1.29 is 4.74 Å². The van der Waals surface area contributed by atoms with Gasteiger partial charge in [-0.25, -0.2) is 0 Å². The third-order valence-electron chi connectivity index (χ3n) is 1.17. The molecule has 0 atom stereocenters. The second-order valence-electron chi connectivity index (χ2n) is 2.37. The second-order valence-corrected chi connectivity index (χ2v) is 2.37. The van der Waals surface area contributed by atoms with Crippen LogP contribution >= 0.6 is 0 Å². The molecule has 1 rings (SSSR count). The lowest BCUT2D eigenvalue weighted by Crippen LogP contribution is -1.99. The fourth-order valence-electron chi connectivity index (χ4n) is 0.737. The highest BCUT2D eigenvalue weighted by molar-refractivity contribution is 6.32. The van der Waals surface area contributed by atoms with Crippen LogP contribution in [0.25, 0.3) is 0 Å². The average Bonchev–Trinajstić information content (AvgIpc) is 1.93. The Hall–Kier alpha value is -1.18. The Bertz CT molecular complexity index is 251. The van der Waals surface area contributed by atoms with Crippen LogP contribution in [-0.2, 0) is 0 Å². The predicted octanol–water partition coefficient (Wildman–Crippen LogP) is 1.39. The van der Waals surface area contributed by atoms with Crippen molar-refractivity contribution in [3.05, 3.63) is 36.6 Å². The zero-order valence-corrected chi connectivity index (χ0v) is 6.50. The number of benzene rings is 1. The van der Waals surface area contributed by atoms with Gasteiger partial charge in [0.2, 0.25) is 0 Å². The standard InChI is InChI=1S/C9H9BO/c1-7(2)11-9-5-3-8(10)4-6-9/h3-6H,1H2,2H3. The highest BCUT2D eigenvalue weighted by atomic mass is 16.5. The summed E-state index contributed by atoms with van der Waals surface area (Å²) in [6.07, 6.45) is 0. The molecular formula is C9H9BO. The van der Waals surface area contributed by atoms with E-state index in [1.54, 1.807) is 19.1 Å². The molecule has 0 saturated heterocycles. The first-order chi connectivity index (χ1) is 5.18. The molecule has 1 nitrogen and oxygen atoms in total. The molecule has 1 aromatic carbocycles. The summed E-state index contributed by atoms with van der Waals surface area (Å²) in [6.45, 7) is 5.42. The molecule has 2 heteroatoms. The van der Waals surface area contributed by atoms with Gasteiger partial charge in [-0.1, -0.05) is 24.2 Å². The Morgan fingerprint density at radius 1 is 1.36 bits per heavy atom. The minimum absolute atomic E-state index is 0.676. The van der Waals surface area contributed by atoms with Crippen molar-refractivity contribution in [3.63, 3.8) is 0 Å². The summed E-state index contributed by atoms with van der Waals surface area (Å²) in [7, 11) is 5.48. The molecule has 0 amide bonds. The van der Waals surface area contributed by atoms with Crippen LogP contribution in [0.3, 0.4) is 0 Å². The lowest BCUT2D eigenvalue weighted by Gasteiger charge is -2.03. The first-order valence-electron chi connectivity index (χ1n) is 3.37. The van der Waals surface area contributed by atoms with Crippen LogP contribution in [0.15, 0.2) is 36.6 Å². The van der Waals surface area contributed by atoms with Gasteiger partial charge in [-0.15, -0.1) is 0 Å². The SMILES string of the molecule is [B]c1ccc(OC(=C)C)cc1. The number of hydrogen-bond acceptors (Lipinski definition) is 1. The lowest BCUT2D eigenvalue weighted by molar-refractivity contribution is 0.430. The van der Waals surface area contributed by atoms with E-state index in [4.69, 9.17) is 12.6 Å². The zero-order chi connectivity index (χ0) is 8.27. The summed E-state index contributed by atoms with van der Waals surface area (Å²) in [6, 6.07) is 7.20. The van der Waals surface area contributed by atoms with E-state index in [-0.39, 0.29) is 0 Å². The molecule has 54 valence electrons. The maximum atomic E-state index is 5.48. The van der Waals surface area contributed by atoms with E-state index in [2.05, 4.69) is 6.58 Å². The molecule has 2 radical (unpaired) electrons. The molecule has 0 fully saturated rings. The molecular weight excluding hydrogens is 135 g/mol. The van der Waals surface area contributed by atoms with Crippen LogP contribution in [0.2, 0.25) is 0 Å². The van der Waals surface area contributed by atoms with Gasteiger partial charge in [-0.2, -0.15) is 0 Å². The van der Waals surface area contributed by atoms with Gasteiger partial charge in [0, 0.05) is 0 Å². The Balaban J connectivity index is 2.74. The van der Waals surface area contributed by atoms with Crippen LogP contribution in [0.4, 0.5) is 0 Å². The van der Waals surface area contributed by atoms with Crippen LogP contribution in [-0.4, -0.2) is 7.85 Å². The minimum atomic E-state index is 0.676. The fourth-order valence-corrected chi connectivity index (χ4v) is 0.737. The van der Waals surface area contributed by atoms with Gasteiger partial charge in [-0.05, 0) is 19.1 Å². The van der Waals surface area contributed by atoms with Crippen molar-refractivity contribution in [2.24, 2.45) is 0 Å². The summed E-state index contributed by atoms with van der Waals surface area (Å²) in [5, 5.41) is 0. The van der Waals surface area contributed by atoms with Crippen molar-refractivity contribution in [1.82, 2.24) is 0 Å². The van der Waals surface area contributed by atoms with E-state index in [1.807, 2.05) is 12.1 Å². The molecule has 11 heavy (non-hydrogen) atoms. The first kappa shape index (κ1) is 7.93. The monoisotopic (exact) mass is 144 g/mol. The summed E-state index contributed by atoms with van der Waals surface area (Å²) in [5.74, 6) is 1.45. The first-order valence-corrected chi connectivity index (χ1v) is 3.37. The van der Waals surface area contributed by atoms with Crippen molar-refractivity contribution in [2.45, 2.75) is 6.92 Å². The fraction of sp³-hybridized carbons (Fsp3) is 0.111. The largest absolute Gasteiger partial charge is 0.463 e. The summed E-state index contributed by atoms with van der Waals surface area (Å²) in [4.78, 5) is 0. The topological polar surface area (TPSA) is 9.23 Å². The average molecular weight is 144 g/mol. The molecule has 0 spiro atoms. The van der Waals surface area contributed by atoms with Crippen molar-refractivity contribution >= 4 is 13.3 Å². The molecule has 0 heterocycles. The molecule has 0 aliphatic carbocycles. The maximum Gasteiger partial charge on any atom is 0.126 e. The van der Waals surface area contributed by atoms with Crippen molar-refractivity contribution in [2.75, 3.05) is 0 Å². The second kappa shape index (κ2) is 3.29. The Morgan fingerprint density at radius 3 is 2.36 bits per heavy atom. The zero-order valence-electron chi connectivity index (χ0n) is 6.50. The van der Waals surface area contributed by atoms with Gasteiger partial charge in [0.05, 0.1) is 5.76 Å². The highest BCUT2D eigenvalue weighted by Crippen LogP contribution is 2.09. The van der Waals surface area contributed by atoms with E-state index in [0.717, 1.165) is 11.2 Å². The number of rotatable bonds is 2. The molecule has 0 aromatic heterocycles. The van der Waals surface area contributed by atoms with E-state index < -0.39 is 0 Å². The third-order valence-corrected chi connectivity index (χ3v) is 1.17. The molecule has 0 unspecified atom stereocenters. The van der Waals surface area contributed by atoms with Gasteiger partial charge in [0.15, 0.2) is 0 Å². The van der Waals surface area contributed by atoms with Crippen LogP contribution in [0.5, 0.6) is 5.75 Å². The normalized spacial score (nSPS) is 9.18. The van der Waals surface area contributed by atoms with Gasteiger partial charge < -0.3 is 4.74 Å². The number of allylic oxidation sites excluding steroid dienone is 1. The number of hydrogen-bond donors (Lipinski definition) is 0. The summed E-state index contributed by atoms with van der Waals surface area (Å²) >= 11 is 0. The van der Waals surface area contributed by atoms with Crippen molar-refractivity contribution in [3.8, 4) is 5.75 Å². The lowest BCUT2D eigenvalue weighted by atomic mass is 9.97. The summed E-state index contributed by atoms with van der Waals surface area (Å²) < 4.78 is 5.22. The Kier molecular flexibility index (Phi) is 2.37. The third kappa shape index (κ3) is 2.50. The van der Waals surface area contributed by atoms with Crippen LogP contribution in [0.1, 0.15) is 6.92 Å². The molecule has 0 aliphatic rings. The highest BCUT2D eigenvalue weighted by Gasteiger charge is 1.90. The van der Waals surface area contributed by atoms with E-state index >= 15 is 0 Å². The van der Waals surface area contributed by atoms with Crippen LogP contribution in [0, 0.1) is 0 Å². The molecule has 1 aromatic rings. The number of ether oxygens (including phenoxy) is 1. The summed E-state index contributed by atoms with van der Waals surface area (Å²) in [5.41, 5.74) is 0.735. The van der Waals surface area contributed by atoms with Gasteiger partial charge in [-0.3, -0.25) is 0 Å². The van der Waals surface area contributed by atoms with Gasteiger partial charge in [0.25, 0.3) is 0 Å². The minimum Gasteiger partial charge on any atom is -0.463 e. The molecule has 0 bridgehead atoms. The van der Waals surface area contributed by atoms with Crippen LogP contribution < -0.4 is 10.2 Å². The van der Waals surface area contributed by atoms with Crippen molar-refractivity contribution in [1.29, 1.82) is 0 Å². The quantitative estimate of drug-likeness (QED) is 0.450. The Labute approximate surface area is 68.1 Å². The molecule has 0 N–H and O–H groups in total. The van der Waals surface area contributed by atoms with Gasteiger partial charge in [0.1, 0.15) is 13.6 Å². The van der Waals surface area contributed by atoms with E-state index in [1.165, 1.54) is 0 Å². The van der Waals surface area contributed by atoms with Gasteiger partial charge >= 0.3 is 0 Å². The smallest absolute Gasteiger partial charge is 0.126 e. The maximum absolute atomic E-state index is 5.48. The van der Waals surface area contributed by atoms with E-state index in [9.17, 15) is 0 Å².